The van der Waals surface area contributed by atoms with Crippen LogP contribution in [0.15, 0.2) is 48.7 Å². The fraction of sp³-hybridized carbons (Fsp3) is 0.321. The van der Waals surface area contributed by atoms with Crippen LogP contribution < -0.4 is 9.46 Å². The first kappa shape index (κ1) is 24.8. The topological polar surface area (TPSA) is 110 Å². The maximum atomic E-state index is 12.3. The van der Waals surface area contributed by atoms with E-state index in [1.165, 1.54) is 0 Å². The first-order valence-corrected chi connectivity index (χ1v) is 14.1. The minimum absolute atomic E-state index is 0.0694. The maximum Gasteiger partial charge on any atom is 0.322 e. The number of hydrogen-bond donors (Lipinski definition) is 1. The van der Waals surface area contributed by atoms with Crippen LogP contribution in [0.1, 0.15) is 43.0 Å². The minimum atomic E-state index is -3.39. The SMILES string of the molecule is CCCS(=O)(=O)Nc1ccc(-c2c(C#N)c3ccc(Oc4nccc(C)n4)cc3n2CC2CC2)c(C)c1. The molecule has 0 amide bonds. The summed E-state index contributed by atoms with van der Waals surface area (Å²) in [7, 11) is -3.39. The van der Waals surface area contributed by atoms with Crippen LogP contribution in [0, 0.1) is 31.1 Å². The summed E-state index contributed by atoms with van der Waals surface area (Å²) < 4.78 is 35.4. The largest absolute Gasteiger partial charge is 0.424 e. The van der Waals surface area contributed by atoms with Crippen LogP contribution in [0.3, 0.4) is 0 Å². The molecule has 0 radical (unpaired) electrons. The van der Waals surface area contributed by atoms with Crippen molar-refractivity contribution in [1.29, 1.82) is 5.26 Å². The van der Waals surface area contributed by atoms with Gasteiger partial charge >= 0.3 is 6.01 Å². The molecule has 0 atom stereocenters. The Bertz CT molecular complexity index is 1630. The van der Waals surface area contributed by atoms with Crippen LogP contribution in [0.25, 0.3) is 22.2 Å². The van der Waals surface area contributed by atoms with Gasteiger partial charge in [-0.15, -0.1) is 0 Å². The summed E-state index contributed by atoms with van der Waals surface area (Å²) in [5, 5.41) is 11.1. The molecule has 0 aliphatic heterocycles. The third kappa shape index (κ3) is 5.30. The quantitative estimate of drug-likeness (QED) is 0.295. The second-order valence-corrected chi connectivity index (χ2v) is 11.4. The monoisotopic (exact) mass is 515 g/mol. The summed E-state index contributed by atoms with van der Waals surface area (Å²) in [6.45, 7) is 6.45. The van der Waals surface area contributed by atoms with Gasteiger partial charge in [-0.2, -0.15) is 5.26 Å². The number of fused-ring (bicyclic) bond motifs is 1. The fourth-order valence-electron chi connectivity index (χ4n) is 4.61. The molecule has 1 aliphatic rings. The summed E-state index contributed by atoms with van der Waals surface area (Å²) in [6.07, 6.45) is 4.52. The molecule has 8 nitrogen and oxygen atoms in total. The summed E-state index contributed by atoms with van der Waals surface area (Å²) in [6, 6.07) is 15.7. The zero-order valence-corrected chi connectivity index (χ0v) is 22.0. The lowest BCUT2D eigenvalue weighted by Crippen LogP contribution is -2.16. The third-order valence-electron chi connectivity index (χ3n) is 6.50. The molecule has 1 N–H and O–H groups in total. The highest BCUT2D eigenvalue weighted by Gasteiger charge is 2.27. The molecule has 2 heterocycles. The average Bonchev–Trinajstić information content (AvgIpc) is 3.61. The predicted molar refractivity (Wildman–Crippen MR) is 144 cm³/mol. The van der Waals surface area contributed by atoms with Gasteiger partial charge in [0.05, 0.1) is 22.5 Å². The number of benzene rings is 2. The number of anilines is 1. The Labute approximate surface area is 217 Å². The lowest BCUT2D eigenvalue weighted by Gasteiger charge is -2.15. The van der Waals surface area contributed by atoms with Crippen molar-refractivity contribution in [3.05, 3.63) is 65.5 Å². The number of sulfonamides is 1. The second kappa shape index (κ2) is 9.87. The molecule has 0 bridgehead atoms. The molecule has 0 unspecified atom stereocenters. The summed E-state index contributed by atoms with van der Waals surface area (Å²) in [5.74, 6) is 1.23. The van der Waals surface area contributed by atoms with Crippen molar-refractivity contribution in [2.24, 2.45) is 5.92 Å². The Morgan fingerprint density at radius 3 is 2.65 bits per heavy atom. The molecular formula is C28H29N5O3S. The van der Waals surface area contributed by atoms with Gasteiger partial charge in [-0.05, 0) is 74.9 Å². The standard InChI is InChI=1S/C28H29N5O3S/c1-4-13-37(34,35)32-21-7-9-23(18(2)14-21)27-25(16-29)24-10-8-22(36-28-30-12-11-19(3)31-28)15-26(24)33(27)17-20-5-6-20/h7-12,14-15,20,32H,4-6,13,17H2,1-3H3. The lowest BCUT2D eigenvalue weighted by molar-refractivity contribution is 0.440. The molecule has 0 saturated heterocycles. The number of hydrogen-bond acceptors (Lipinski definition) is 6. The maximum absolute atomic E-state index is 12.3. The number of rotatable bonds is 9. The third-order valence-corrected chi connectivity index (χ3v) is 7.99. The molecular weight excluding hydrogens is 486 g/mol. The van der Waals surface area contributed by atoms with E-state index in [-0.39, 0.29) is 11.8 Å². The van der Waals surface area contributed by atoms with Gasteiger partial charge < -0.3 is 9.30 Å². The molecule has 4 aromatic rings. The van der Waals surface area contributed by atoms with Crippen molar-refractivity contribution in [3.8, 4) is 29.1 Å². The Morgan fingerprint density at radius 1 is 1.16 bits per heavy atom. The van der Waals surface area contributed by atoms with Crippen molar-refractivity contribution in [2.45, 2.75) is 46.6 Å². The van der Waals surface area contributed by atoms with E-state index in [4.69, 9.17) is 4.74 Å². The van der Waals surface area contributed by atoms with Crippen LogP contribution in [-0.4, -0.2) is 28.7 Å². The zero-order valence-electron chi connectivity index (χ0n) is 21.2. The first-order valence-electron chi connectivity index (χ1n) is 12.4. The number of aryl methyl sites for hydroxylation is 2. The van der Waals surface area contributed by atoms with Crippen LogP contribution >= 0.6 is 0 Å². The summed E-state index contributed by atoms with van der Waals surface area (Å²) in [4.78, 5) is 8.53. The smallest absolute Gasteiger partial charge is 0.322 e. The van der Waals surface area contributed by atoms with Crippen LogP contribution in [0.2, 0.25) is 0 Å². The summed E-state index contributed by atoms with van der Waals surface area (Å²) >= 11 is 0. The van der Waals surface area contributed by atoms with Crippen LogP contribution in [0.5, 0.6) is 11.8 Å². The van der Waals surface area contributed by atoms with E-state index in [0.29, 0.717) is 29.3 Å². The van der Waals surface area contributed by atoms with E-state index in [1.54, 1.807) is 12.3 Å². The fourth-order valence-corrected chi connectivity index (χ4v) is 5.73. The van der Waals surface area contributed by atoms with Crippen molar-refractivity contribution < 1.29 is 13.2 Å². The van der Waals surface area contributed by atoms with E-state index in [1.807, 2.05) is 57.2 Å². The van der Waals surface area contributed by atoms with Gasteiger partial charge in [0.15, 0.2) is 0 Å². The summed E-state index contributed by atoms with van der Waals surface area (Å²) in [5.41, 5.74) is 5.47. The van der Waals surface area contributed by atoms with Crippen LogP contribution in [0.4, 0.5) is 5.69 Å². The molecule has 190 valence electrons. The van der Waals surface area contributed by atoms with Gasteiger partial charge in [0.2, 0.25) is 10.0 Å². The van der Waals surface area contributed by atoms with Gasteiger partial charge in [0.25, 0.3) is 0 Å². The number of nitrogens with one attached hydrogen (secondary N) is 1. The number of aromatic nitrogens is 3. The molecule has 9 heteroatoms. The highest BCUT2D eigenvalue weighted by Crippen LogP contribution is 2.41. The molecule has 37 heavy (non-hydrogen) atoms. The van der Waals surface area contributed by atoms with Crippen LogP contribution in [-0.2, 0) is 16.6 Å². The van der Waals surface area contributed by atoms with E-state index >= 15 is 0 Å². The van der Waals surface area contributed by atoms with E-state index in [2.05, 4.69) is 25.3 Å². The predicted octanol–water partition coefficient (Wildman–Crippen LogP) is 5.94. The van der Waals surface area contributed by atoms with Gasteiger partial charge in [-0.3, -0.25) is 4.72 Å². The Balaban J connectivity index is 1.60. The van der Waals surface area contributed by atoms with E-state index < -0.39 is 10.0 Å². The minimum Gasteiger partial charge on any atom is -0.424 e. The lowest BCUT2D eigenvalue weighted by atomic mass is 10.0. The van der Waals surface area contributed by atoms with Crippen molar-refractivity contribution >= 4 is 26.6 Å². The normalized spacial score (nSPS) is 13.5. The van der Waals surface area contributed by atoms with Gasteiger partial charge in [0.1, 0.15) is 11.8 Å². The molecule has 5 rings (SSSR count). The van der Waals surface area contributed by atoms with Gasteiger partial charge in [-0.25, -0.2) is 18.4 Å². The second-order valence-electron chi connectivity index (χ2n) is 9.60. The zero-order chi connectivity index (χ0) is 26.2. The highest BCUT2D eigenvalue weighted by molar-refractivity contribution is 7.92. The average molecular weight is 516 g/mol. The Morgan fingerprint density at radius 2 is 1.97 bits per heavy atom. The molecule has 1 fully saturated rings. The number of ether oxygens (including phenoxy) is 1. The van der Waals surface area contributed by atoms with Gasteiger partial charge in [0, 0.05) is 41.1 Å². The number of nitrogens with zero attached hydrogens (tertiary/aromatic N) is 4. The highest BCUT2D eigenvalue weighted by atomic mass is 32.2. The molecule has 2 aromatic heterocycles. The Hall–Kier alpha value is -3.90. The molecule has 2 aromatic carbocycles. The van der Waals surface area contributed by atoms with Crippen molar-refractivity contribution in [3.63, 3.8) is 0 Å². The Kier molecular flexibility index (Phi) is 6.61. The number of nitriles is 1. The van der Waals surface area contributed by atoms with Crippen molar-refractivity contribution in [2.75, 3.05) is 10.5 Å². The van der Waals surface area contributed by atoms with E-state index in [9.17, 15) is 13.7 Å². The molecule has 0 spiro atoms. The molecule has 1 aliphatic carbocycles. The first-order chi connectivity index (χ1) is 17.8. The van der Waals surface area contributed by atoms with Crippen molar-refractivity contribution in [1.82, 2.24) is 14.5 Å². The van der Waals surface area contributed by atoms with Gasteiger partial charge in [-0.1, -0.05) is 13.0 Å². The molecule has 1 saturated carbocycles. The van der Waals surface area contributed by atoms with E-state index in [0.717, 1.165) is 52.8 Å².